The Morgan fingerprint density at radius 3 is 2.50 bits per heavy atom. The Hall–Kier alpha value is -1.32. The van der Waals surface area contributed by atoms with Crippen LogP contribution < -0.4 is 5.32 Å². The van der Waals surface area contributed by atoms with Crippen molar-refractivity contribution in [2.24, 2.45) is 0 Å². The van der Waals surface area contributed by atoms with E-state index in [9.17, 15) is 4.79 Å². The van der Waals surface area contributed by atoms with Gasteiger partial charge in [0.2, 0.25) is 0 Å². The lowest BCUT2D eigenvalue weighted by Crippen LogP contribution is -2.11. The van der Waals surface area contributed by atoms with Crippen molar-refractivity contribution in [1.82, 2.24) is 0 Å². The van der Waals surface area contributed by atoms with Gasteiger partial charge in [0.05, 0.1) is 4.88 Å². The van der Waals surface area contributed by atoms with E-state index in [1.807, 2.05) is 18.4 Å². The molecule has 0 bridgehead atoms. The van der Waals surface area contributed by atoms with Crippen molar-refractivity contribution in [3.05, 3.63) is 51.2 Å². The predicted octanol–water partition coefficient (Wildman–Crippen LogP) is 3.96. The molecular weight excluding hydrogens is 242 g/mol. The Balaban J connectivity index is 2.14. The van der Waals surface area contributed by atoms with Gasteiger partial charge in [-0.3, -0.25) is 4.79 Å². The third-order valence-corrected chi connectivity index (χ3v) is 3.44. The van der Waals surface area contributed by atoms with E-state index in [4.69, 9.17) is 11.6 Å². The van der Waals surface area contributed by atoms with Crippen LogP contribution in [0.1, 0.15) is 15.2 Å². The van der Waals surface area contributed by atoms with Crippen LogP contribution in [-0.2, 0) is 0 Å². The molecule has 0 unspecified atom stereocenters. The normalized spacial score (nSPS) is 10.1. The monoisotopic (exact) mass is 251 g/mol. The van der Waals surface area contributed by atoms with Crippen LogP contribution in [-0.4, -0.2) is 5.91 Å². The molecule has 16 heavy (non-hydrogen) atoms. The van der Waals surface area contributed by atoms with E-state index >= 15 is 0 Å². The SMILES string of the molecule is Cc1ccsc1C(=O)Nc1ccc(Cl)cc1. The second-order valence-corrected chi connectivity index (χ2v) is 4.75. The van der Waals surface area contributed by atoms with Gasteiger partial charge in [-0.25, -0.2) is 0 Å². The van der Waals surface area contributed by atoms with Gasteiger partial charge in [0.1, 0.15) is 0 Å². The topological polar surface area (TPSA) is 29.1 Å². The number of halogens is 1. The first kappa shape index (κ1) is 11.2. The molecule has 0 aliphatic carbocycles. The summed E-state index contributed by atoms with van der Waals surface area (Å²) in [6.45, 7) is 1.92. The minimum atomic E-state index is -0.0742. The van der Waals surface area contributed by atoms with Crippen molar-refractivity contribution >= 4 is 34.5 Å². The maximum absolute atomic E-state index is 11.8. The first-order valence-electron chi connectivity index (χ1n) is 4.78. The molecular formula is C12H10ClNOS. The number of hydrogen-bond acceptors (Lipinski definition) is 2. The minimum absolute atomic E-state index is 0.0742. The van der Waals surface area contributed by atoms with Crippen LogP contribution >= 0.6 is 22.9 Å². The number of amides is 1. The van der Waals surface area contributed by atoms with Crippen molar-refractivity contribution in [2.45, 2.75) is 6.92 Å². The van der Waals surface area contributed by atoms with Gasteiger partial charge < -0.3 is 5.32 Å². The Morgan fingerprint density at radius 1 is 1.25 bits per heavy atom. The summed E-state index contributed by atoms with van der Waals surface area (Å²) in [5.41, 5.74) is 1.75. The Bertz CT molecular complexity index is 504. The summed E-state index contributed by atoms with van der Waals surface area (Å²) in [4.78, 5) is 12.6. The molecule has 2 rings (SSSR count). The molecule has 1 aromatic heterocycles. The van der Waals surface area contributed by atoms with E-state index in [0.717, 1.165) is 16.1 Å². The Kier molecular flexibility index (Phi) is 3.27. The van der Waals surface area contributed by atoms with E-state index in [1.54, 1.807) is 24.3 Å². The van der Waals surface area contributed by atoms with Crippen LogP contribution in [0.3, 0.4) is 0 Å². The quantitative estimate of drug-likeness (QED) is 0.860. The molecule has 0 fully saturated rings. The lowest BCUT2D eigenvalue weighted by molar-refractivity contribution is 0.103. The first-order valence-corrected chi connectivity index (χ1v) is 6.03. The number of thiophene rings is 1. The number of nitrogens with one attached hydrogen (secondary N) is 1. The van der Waals surface area contributed by atoms with Crippen molar-refractivity contribution in [2.75, 3.05) is 5.32 Å². The molecule has 0 saturated heterocycles. The first-order chi connectivity index (χ1) is 7.66. The summed E-state index contributed by atoms with van der Waals surface area (Å²) in [5.74, 6) is -0.0742. The fraction of sp³-hybridized carbons (Fsp3) is 0.0833. The van der Waals surface area contributed by atoms with Crippen molar-refractivity contribution in [3.8, 4) is 0 Å². The van der Waals surface area contributed by atoms with E-state index in [-0.39, 0.29) is 5.91 Å². The molecule has 0 aliphatic heterocycles. The molecule has 0 radical (unpaired) electrons. The molecule has 0 spiro atoms. The number of anilines is 1. The van der Waals surface area contributed by atoms with E-state index in [0.29, 0.717) is 5.02 Å². The molecule has 82 valence electrons. The zero-order valence-electron chi connectivity index (χ0n) is 8.66. The van der Waals surface area contributed by atoms with E-state index in [1.165, 1.54) is 11.3 Å². The standard InChI is InChI=1S/C12H10ClNOS/c1-8-6-7-16-11(8)12(15)14-10-4-2-9(13)3-5-10/h2-7H,1H3,(H,14,15). The number of carbonyl (C=O) groups excluding carboxylic acids is 1. The van der Waals surface area contributed by atoms with Gasteiger partial charge in [-0.2, -0.15) is 0 Å². The Morgan fingerprint density at radius 2 is 1.94 bits per heavy atom. The molecule has 1 heterocycles. The second-order valence-electron chi connectivity index (χ2n) is 3.39. The summed E-state index contributed by atoms with van der Waals surface area (Å²) in [5, 5.41) is 5.39. The lowest BCUT2D eigenvalue weighted by atomic mass is 10.2. The average molecular weight is 252 g/mol. The number of rotatable bonds is 2. The molecule has 0 aliphatic rings. The third-order valence-electron chi connectivity index (χ3n) is 2.17. The molecule has 1 amide bonds. The summed E-state index contributed by atoms with van der Waals surface area (Å²) < 4.78 is 0. The van der Waals surface area contributed by atoms with Crippen LogP contribution in [0, 0.1) is 6.92 Å². The zero-order chi connectivity index (χ0) is 11.5. The van der Waals surface area contributed by atoms with Crippen LogP contribution in [0.2, 0.25) is 5.02 Å². The third kappa shape index (κ3) is 2.43. The highest BCUT2D eigenvalue weighted by molar-refractivity contribution is 7.12. The highest BCUT2D eigenvalue weighted by Crippen LogP contribution is 2.19. The lowest BCUT2D eigenvalue weighted by Gasteiger charge is -2.04. The van der Waals surface area contributed by atoms with Crippen LogP contribution in [0.15, 0.2) is 35.7 Å². The van der Waals surface area contributed by atoms with Gasteiger partial charge in [-0.05, 0) is 48.2 Å². The smallest absolute Gasteiger partial charge is 0.265 e. The van der Waals surface area contributed by atoms with Gasteiger partial charge >= 0.3 is 0 Å². The van der Waals surface area contributed by atoms with Gasteiger partial charge in [-0.1, -0.05) is 11.6 Å². The molecule has 0 atom stereocenters. The molecule has 4 heteroatoms. The Labute approximate surface area is 103 Å². The average Bonchev–Trinajstić information content (AvgIpc) is 2.68. The van der Waals surface area contributed by atoms with Gasteiger partial charge in [0.25, 0.3) is 5.91 Å². The predicted molar refractivity (Wildman–Crippen MR) is 68.5 cm³/mol. The molecule has 2 aromatic rings. The van der Waals surface area contributed by atoms with E-state index in [2.05, 4.69) is 5.32 Å². The number of carbonyl (C=O) groups is 1. The van der Waals surface area contributed by atoms with Crippen LogP contribution in [0.5, 0.6) is 0 Å². The van der Waals surface area contributed by atoms with Crippen molar-refractivity contribution in [1.29, 1.82) is 0 Å². The highest BCUT2D eigenvalue weighted by atomic mass is 35.5. The van der Waals surface area contributed by atoms with Gasteiger partial charge in [-0.15, -0.1) is 11.3 Å². The molecule has 1 N–H and O–H groups in total. The maximum Gasteiger partial charge on any atom is 0.265 e. The molecule has 1 aromatic carbocycles. The van der Waals surface area contributed by atoms with Crippen molar-refractivity contribution < 1.29 is 4.79 Å². The van der Waals surface area contributed by atoms with Gasteiger partial charge in [0.15, 0.2) is 0 Å². The minimum Gasteiger partial charge on any atom is -0.321 e. The fourth-order valence-corrected chi connectivity index (χ4v) is 2.27. The van der Waals surface area contributed by atoms with Crippen LogP contribution in [0.25, 0.3) is 0 Å². The number of aryl methyl sites for hydroxylation is 1. The molecule has 2 nitrogen and oxygen atoms in total. The number of benzene rings is 1. The second kappa shape index (κ2) is 4.68. The summed E-state index contributed by atoms with van der Waals surface area (Å²) in [7, 11) is 0. The molecule has 0 saturated carbocycles. The number of hydrogen-bond donors (Lipinski definition) is 1. The maximum atomic E-state index is 11.8. The summed E-state index contributed by atoms with van der Waals surface area (Å²) in [6, 6.07) is 8.99. The van der Waals surface area contributed by atoms with Gasteiger partial charge in [0, 0.05) is 10.7 Å². The zero-order valence-corrected chi connectivity index (χ0v) is 10.2. The fourth-order valence-electron chi connectivity index (χ4n) is 1.33. The summed E-state index contributed by atoms with van der Waals surface area (Å²) in [6.07, 6.45) is 0. The largest absolute Gasteiger partial charge is 0.321 e. The van der Waals surface area contributed by atoms with E-state index < -0.39 is 0 Å². The highest BCUT2D eigenvalue weighted by Gasteiger charge is 2.10. The van der Waals surface area contributed by atoms with Crippen molar-refractivity contribution in [3.63, 3.8) is 0 Å². The van der Waals surface area contributed by atoms with Crippen LogP contribution in [0.4, 0.5) is 5.69 Å². The summed E-state index contributed by atoms with van der Waals surface area (Å²) >= 11 is 7.20.